The van der Waals surface area contributed by atoms with Gasteiger partial charge < -0.3 is 5.11 Å². The van der Waals surface area contributed by atoms with Crippen LogP contribution in [0.25, 0.3) is 0 Å². The van der Waals surface area contributed by atoms with Crippen molar-refractivity contribution < 1.29 is 9.90 Å². The summed E-state index contributed by atoms with van der Waals surface area (Å²) in [4.78, 5) is 11.0. The lowest BCUT2D eigenvalue weighted by atomic mass is 9.98. The van der Waals surface area contributed by atoms with Crippen molar-refractivity contribution in [1.82, 2.24) is 0 Å². The number of hydrogen-bond donors (Lipinski definition) is 1. The van der Waals surface area contributed by atoms with E-state index >= 15 is 0 Å². The molecule has 1 aromatic rings. The van der Waals surface area contributed by atoms with E-state index in [4.69, 9.17) is 0 Å². The van der Waals surface area contributed by atoms with Gasteiger partial charge in [0, 0.05) is 0 Å². The van der Waals surface area contributed by atoms with Gasteiger partial charge in [0.1, 0.15) is 5.25 Å². The first-order chi connectivity index (χ1) is 14.1. The van der Waals surface area contributed by atoms with Gasteiger partial charge in [0.25, 0.3) is 0 Å². The highest BCUT2D eigenvalue weighted by Gasteiger charge is 2.36. The third kappa shape index (κ3) is 8.25. The van der Waals surface area contributed by atoms with E-state index in [0.29, 0.717) is 0 Å². The van der Waals surface area contributed by atoms with Crippen molar-refractivity contribution >= 4 is 17.7 Å². The number of unbranched alkanes of at least 4 members (excludes halogenated alkanes) is 9. The summed E-state index contributed by atoms with van der Waals surface area (Å²) in [5, 5.41) is 24.1. The van der Waals surface area contributed by atoms with Crippen LogP contribution in [-0.2, 0) is 11.2 Å². The van der Waals surface area contributed by atoms with Crippen molar-refractivity contribution in [2.75, 3.05) is 0 Å². The van der Waals surface area contributed by atoms with E-state index in [0.717, 1.165) is 24.0 Å². The summed E-state index contributed by atoms with van der Waals surface area (Å²) < 4.78 is 0. The fourth-order valence-electron chi connectivity index (χ4n) is 3.56. The summed E-state index contributed by atoms with van der Waals surface area (Å²) >= 11 is 1.17. The van der Waals surface area contributed by atoms with Gasteiger partial charge in [0.2, 0.25) is 4.99 Å². The van der Waals surface area contributed by atoms with Gasteiger partial charge in [-0.3, -0.25) is 4.79 Å². The van der Waals surface area contributed by atoms with Crippen LogP contribution in [0.3, 0.4) is 0 Å². The number of benzene rings is 1. The molecule has 1 N–H and O–H groups in total. The predicted molar refractivity (Wildman–Crippen MR) is 118 cm³/mol. The molecule has 1 aromatic carbocycles. The van der Waals surface area contributed by atoms with E-state index in [-0.39, 0.29) is 0 Å². The highest BCUT2D eigenvalue weighted by Crippen LogP contribution is 2.44. The Morgan fingerprint density at radius 2 is 1.52 bits per heavy atom. The summed E-state index contributed by atoms with van der Waals surface area (Å²) in [5.41, 5.74) is 1.93. The molecule has 0 radical (unpaired) electrons. The maximum Gasteiger partial charge on any atom is 0.321 e. The molecular weight excluding hydrogens is 384 g/mol. The van der Waals surface area contributed by atoms with Crippen LogP contribution in [0.5, 0.6) is 0 Å². The zero-order valence-electron chi connectivity index (χ0n) is 17.7. The molecule has 7 heteroatoms. The second-order valence-corrected chi connectivity index (χ2v) is 9.26. The Balaban J connectivity index is 1.80. The third-order valence-electron chi connectivity index (χ3n) is 5.20. The Bertz CT molecular complexity index is 681. The molecule has 0 aliphatic carbocycles. The minimum atomic E-state index is -0.965. The molecule has 1 heterocycles. The van der Waals surface area contributed by atoms with Crippen LogP contribution in [0.15, 0.2) is 44.9 Å². The van der Waals surface area contributed by atoms with Gasteiger partial charge in [-0.05, 0) is 41.3 Å². The van der Waals surface area contributed by atoms with Crippen molar-refractivity contribution in [1.29, 1.82) is 0 Å². The van der Waals surface area contributed by atoms with Crippen LogP contribution in [0.2, 0.25) is 0 Å². The Morgan fingerprint density at radius 1 is 0.966 bits per heavy atom. The lowest BCUT2D eigenvalue weighted by Crippen LogP contribution is -2.19. The molecule has 1 unspecified atom stereocenters. The maximum atomic E-state index is 12.0. The zero-order chi connectivity index (χ0) is 21.0. The first kappa shape index (κ1) is 23.5. The SMILES string of the molecule is CCCCCCCCCCCCc1ccccc1C(SC1(C)N=NN=N1)C(=O)O. The number of aryl methyl sites for hydroxylation is 1. The minimum Gasteiger partial charge on any atom is -0.480 e. The van der Waals surface area contributed by atoms with Crippen molar-refractivity contribution in [2.45, 2.75) is 94.7 Å². The number of hydrogen-bond acceptors (Lipinski definition) is 6. The topological polar surface area (TPSA) is 86.7 Å². The number of aliphatic carboxylic acids is 1. The molecule has 6 nitrogen and oxygen atoms in total. The van der Waals surface area contributed by atoms with E-state index in [9.17, 15) is 9.90 Å². The van der Waals surface area contributed by atoms with Crippen molar-refractivity contribution in [2.24, 2.45) is 20.7 Å². The summed E-state index contributed by atoms with van der Waals surface area (Å²) in [5.74, 6) is -0.885. The number of rotatable bonds is 15. The van der Waals surface area contributed by atoms with Gasteiger partial charge in [-0.15, -0.1) is 10.2 Å². The summed E-state index contributed by atoms with van der Waals surface area (Å²) in [6.07, 6.45) is 13.8. The highest BCUT2D eigenvalue weighted by molar-refractivity contribution is 8.01. The molecule has 0 amide bonds. The van der Waals surface area contributed by atoms with Gasteiger partial charge in [-0.25, -0.2) is 0 Å². The average Bonchev–Trinajstić information content (AvgIpc) is 3.14. The lowest BCUT2D eigenvalue weighted by molar-refractivity contribution is -0.136. The van der Waals surface area contributed by atoms with Gasteiger partial charge in [-0.2, -0.15) is 0 Å². The van der Waals surface area contributed by atoms with Crippen molar-refractivity contribution in [3.8, 4) is 0 Å². The lowest BCUT2D eigenvalue weighted by Gasteiger charge is -2.21. The Labute approximate surface area is 178 Å². The van der Waals surface area contributed by atoms with E-state index in [1.165, 1.54) is 69.5 Å². The van der Waals surface area contributed by atoms with Crippen LogP contribution in [0.4, 0.5) is 0 Å². The molecule has 1 atom stereocenters. The second kappa shape index (κ2) is 12.7. The first-order valence-electron chi connectivity index (χ1n) is 10.9. The molecule has 0 aromatic heterocycles. The van der Waals surface area contributed by atoms with Gasteiger partial charge in [0.15, 0.2) is 0 Å². The largest absolute Gasteiger partial charge is 0.480 e. The van der Waals surface area contributed by atoms with E-state index in [2.05, 4.69) is 27.6 Å². The summed E-state index contributed by atoms with van der Waals surface area (Å²) in [7, 11) is 0. The maximum absolute atomic E-state index is 12.0. The van der Waals surface area contributed by atoms with E-state index in [1.807, 2.05) is 24.3 Å². The van der Waals surface area contributed by atoms with Gasteiger partial charge in [0.05, 0.1) is 0 Å². The Kier molecular flexibility index (Phi) is 10.3. The smallest absolute Gasteiger partial charge is 0.321 e. The Morgan fingerprint density at radius 3 is 2.10 bits per heavy atom. The molecule has 2 rings (SSSR count). The molecule has 0 bridgehead atoms. The molecule has 0 saturated carbocycles. The molecule has 0 spiro atoms. The molecule has 29 heavy (non-hydrogen) atoms. The normalized spacial score (nSPS) is 15.7. The number of thioether (sulfide) groups is 1. The molecule has 0 fully saturated rings. The highest BCUT2D eigenvalue weighted by atomic mass is 32.2. The summed E-state index contributed by atoms with van der Waals surface area (Å²) in [6.45, 7) is 3.99. The Hall–Kier alpha value is -1.76. The summed E-state index contributed by atoms with van der Waals surface area (Å²) in [6, 6.07) is 7.83. The van der Waals surface area contributed by atoms with E-state index in [1.54, 1.807) is 6.92 Å². The number of carboxylic acids is 1. The van der Waals surface area contributed by atoms with Crippen LogP contribution in [0.1, 0.15) is 94.4 Å². The monoisotopic (exact) mass is 418 g/mol. The van der Waals surface area contributed by atoms with Gasteiger partial charge in [-0.1, -0.05) is 101 Å². The first-order valence-corrected chi connectivity index (χ1v) is 11.8. The molecule has 0 saturated heterocycles. The van der Waals surface area contributed by atoms with Crippen LogP contribution in [-0.4, -0.2) is 16.1 Å². The third-order valence-corrected chi connectivity index (χ3v) is 6.50. The zero-order valence-corrected chi connectivity index (χ0v) is 18.5. The number of carboxylic acid groups (broad SMARTS) is 1. The fraction of sp³-hybridized carbons (Fsp3) is 0.682. The van der Waals surface area contributed by atoms with Crippen molar-refractivity contribution in [3.05, 3.63) is 35.4 Å². The van der Waals surface area contributed by atoms with Crippen LogP contribution >= 0.6 is 11.8 Å². The molecule has 1 aliphatic heterocycles. The van der Waals surface area contributed by atoms with E-state index < -0.39 is 16.2 Å². The number of carbonyl (C=O) groups is 1. The fourth-order valence-corrected chi connectivity index (χ4v) is 4.64. The second-order valence-electron chi connectivity index (χ2n) is 7.78. The predicted octanol–water partition coefficient (Wildman–Crippen LogP) is 7.52. The molecule has 1 aliphatic rings. The molecular formula is C22H34N4O2S. The van der Waals surface area contributed by atoms with Gasteiger partial charge >= 0.3 is 5.97 Å². The molecule has 160 valence electrons. The minimum absolute atomic E-state index is 0.740. The van der Waals surface area contributed by atoms with Crippen molar-refractivity contribution in [3.63, 3.8) is 0 Å². The van der Waals surface area contributed by atoms with Crippen LogP contribution < -0.4 is 0 Å². The quantitative estimate of drug-likeness (QED) is 0.299. The standard InChI is InChI=1S/C22H34N4O2S/c1-3-4-5-6-7-8-9-10-11-12-15-18-16-13-14-17-19(18)20(21(27)28)29-22(2)23-25-26-24-22/h13-14,16-17,20H,3-12,15H2,1-2H3,(H,27,28). The average molecular weight is 419 g/mol. The van der Waals surface area contributed by atoms with Crippen LogP contribution in [0, 0.1) is 0 Å². The number of nitrogens with zero attached hydrogens (tertiary/aromatic N) is 4.